The minimum atomic E-state index is 0.199. The van der Waals surface area contributed by atoms with Crippen molar-refractivity contribution in [3.63, 3.8) is 0 Å². The molecule has 1 amide bonds. The van der Waals surface area contributed by atoms with Gasteiger partial charge in [-0.25, -0.2) is 0 Å². The topological polar surface area (TPSA) is 32.3 Å². The Bertz CT molecular complexity index is 442. The predicted molar refractivity (Wildman–Crippen MR) is 75.0 cm³/mol. The molecule has 0 saturated heterocycles. The van der Waals surface area contributed by atoms with E-state index in [1.165, 1.54) is 17.5 Å². The first-order chi connectivity index (χ1) is 8.65. The molecule has 0 aliphatic carbocycles. The second kappa shape index (κ2) is 5.53. The zero-order chi connectivity index (χ0) is 13.1. The molecule has 18 heavy (non-hydrogen) atoms. The summed E-state index contributed by atoms with van der Waals surface area (Å²) in [6, 6.07) is 6.45. The number of hydrogen-bond acceptors (Lipinski definition) is 2. The normalized spacial score (nSPS) is 15.9. The van der Waals surface area contributed by atoms with E-state index in [1.54, 1.807) is 4.90 Å². The van der Waals surface area contributed by atoms with Crippen molar-refractivity contribution in [2.75, 3.05) is 25.5 Å². The predicted octanol–water partition coefficient (Wildman–Crippen LogP) is 1.99. The van der Waals surface area contributed by atoms with Crippen LogP contribution in [0.4, 0.5) is 5.69 Å². The van der Waals surface area contributed by atoms with Gasteiger partial charge in [0.25, 0.3) is 0 Å². The monoisotopic (exact) mass is 246 g/mol. The Hall–Kier alpha value is -1.35. The SMILES string of the molecule is CCC(CNC)Cc1ccc2c(c1)CC(=O)N2C. The van der Waals surface area contributed by atoms with Gasteiger partial charge in [-0.2, -0.15) is 0 Å². The van der Waals surface area contributed by atoms with Gasteiger partial charge in [-0.1, -0.05) is 25.5 Å². The van der Waals surface area contributed by atoms with Crippen molar-refractivity contribution in [2.45, 2.75) is 26.2 Å². The standard InChI is InChI=1S/C15H22N2O/c1-4-11(10-16-2)7-12-5-6-14-13(8-12)9-15(18)17(14)3/h5-6,8,11,16H,4,7,9-10H2,1-3H3. The molecule has 1 aromatic carbocycles. The summed E-state index contributed by atoms with van der Waals surface area (Å²) in [7, 11) is 3.85. The largest absolute Gasteiger partial charge is 0.319 e. The highest BCUT2D eigenvalue weighted by Crippen LogP contribution is 2.29. The zero-order valence-electron chi connectivity index (χ0n) is 11.5. The van der Waals surface area contributed by atoms with E-state index in [9.17, 15) is 4.79 Å². The average Bonchev–Trinajstić information content (AvgIpc) is 2.64. The van der Waals surface area contributed by atoms with Gasteiger partial charge in [0.15, 0.2) is 0 Å². The van der Waals surface area contributed by atoms with Crippen molar-refractivity contribution in [1.29, 1.82) is 0 Å². The highest BCUT2D eigenvalue weighted by Gasteiger charge is 2.23. The second-order valence-electron chi connectivity index (χ2n) is 5.13. The van der Waals surface area contributed by atoms with Crippen LogP contribution >= 0.6 is 0 Å². The van der Waals surface area contributed by atoms with E-state index in [4.69, 9.17) is 0 Å². The molecule has 1 aromatic rings. The van der Waals surface area contributed by atoms with Gasteiger partial charge in [0.1, 0.15) is 0 Å². The Morgan fingerprint density at radius 3 is 2.89 bits per heavy atom. The summed E-state index contributed by atoms with van der Waals surface area (Å²) in [6.07, 6.45) is 2.82. The molecule has 1 aliphatic heterocycles. The lowest BCUT2D eigenvalue weighted by atomic mass is 9.95. The number of carbonyl (C=O) groups is 1. The molecule has 2 rings (SSSR count). The number of hydrogen-bond donors (Lipinski definition) is 1. The molecule has 3 nitrogen and oxygen atoms in total. The van der Waals surface area contributed by atoms with Crippen molar-refractivity contribution in [3.8, 4) is 0 Å². The molecule has 0 fully saturated rings. The van der Waals surface area contributed by atoms with Crippen LogP contribution in [0.2, 0.25) is 0 Å². The highest BCUT2D eigenvalue weighted by molar-refractivity contribution is 6.00. The summed E-state index contributed by atoms with van der Waals surface area (Å²) in [4.78, 5) is 13.4. The average molecular weight is 246 g/mol. The fourth-order valence-electron chi connectivity index (χ4n) is 2.63. The Balaban J connectivity index is 2.13. The van der Waals surface area contributed by atoms with Crippen LogP contribution < -0.4 is 10.2 Å². The summed E-state index contributed by atoms with van der Waals surface area (Å²) in [5.41, 5.74) is 3.60. The number of fused-ring (bicyclic) bond motifs is 1. The number of nitrogens with zero attached hydrogens (tertiary/aromatic N) is 1. The van der Waals surface area contributed by atoms with Crippen molar-refractivity contribution >= 4 is 11.6 Å². The van der Waals surface area contributed by atoms with Crippen LogP contribution in [0.3, 0.4) is 0 Å². The molecule has 98 valence electrons. The lowest BCUT2D eigenvalue weighted by Crippen LogP contribution is -2.20. The maximum atomic E-state index is 11.6. The molecule has 1 atom stereocenters. The molecule has 0 bridgehead atoms. The smallest absolute Gasteiger partial charge is 0.231 e. The fourth-order valence-corrected chi connectivity index (χ4v) is 2.63. The number of carbonyl (C=O) groups excluding carboxylic acids is 1. The van der Waals surface area contributed by atoms with E-state index < -0.39 is 0 Å². The first-order valence-corrected chi connectivity index (χ1v) is 6.68. The summed E-state index contributed by atoms with van der Waals surface area (Å²) in [6.45, 7) is 3.28. The first kappa shape index (κ1) is 13.1. The number of rotatable bonds is 5. The van der Waals surface area contributed by atoms with Crippen LogP contribution in [0, 0.1) is 5.92 Å². The van der Waals surface area contributed by atoms with E-state index in [0.29, 0.717) is 12.3 Å². The fraction of sp³-hybridized carbons (Fsp3) is 0.533. The van der Waals surface area contributed by atoms with E-state index >= 15 is 0 Å². The molecule has 0 spiro atoms. The minimum Gasteiger partial charge on any atom is -0.319 e. The number of nitrogens with one attached hydrogen (secondary N) is 1. The first-order valence-electron chi connectivity index (χ1n) is 6.68. The van der Waals surface area contributed by atoms with E-state index in [0.717, 1.165) is 18.7 Å². The summed E-state index contributed by atoms with van der Waals surface area (Å²) >= 11 is 0. The van der Waals surface area contributed by atoms with Crippen molar-refractivity contribution in [1.82, 2.24) is 5.32 Å². The minimum absolute atomic E-state index is 0.199. The molecule has 1 unspecified atom stereocenters. The summed E-state index contributed by atoms with van der Waals surface area (Å²) < 4.78 is 0. The van der Waals surface area contributed by atoms with Crippen molar-refractivity contribution < 1.29 is 4.79 Å². The number of benzene rings is 1. The highest BCUT2D eigenvalue weighted by atomic mass is 16.2. The van der Waals surface area contributed by atoms with E-state index in [2.05, 4.69) is 30.4 Å². The summed E-state index contributed by atoms with van der Waals surface area (Å²) in [5, 5.41) is 3.24. The van der Waals surface area contributed by atoms with Gasteiger partial charge >= 0.3 is 0 Å². The molecular weight excluding hydrogens is 224 g/mol. The van der Waals surface area contributed by atoms with Crippen LogP contribution in [0.25, 0.3) is 0 Å². The van der Waals surface area contributed by atoms with Crippen molar-refractivity contribution in [2.24, 2.45) is 5.92 Å². The molecule has 1 aliphatic rings. The van der Waals surface area contributed by atoms with Gasteiger partial charge in [0.2, 0.25) is 5.91 Å². The van der Waals surface area contributed by atoms with Gasteiger partial charge in [-0.05, 0) is 43.1 Å². The Morgan fingerprint density at radius 1 is 1.44 bits per heavy atom. The number of likely N-dealkylation sites (N-methyl/N-ethyl adjacent to an activating group) is 1. The Labute approximate surface area is 109 Å². The maximum Gasteiger partial charge on any atom is 0.231 e. The van der Waals surface area contributed by atoms with Crippen LogP contribution in [0.1, 0.15) is 24.5 Å². The molecule has 3 heteroatoms. The third-order valence-corrected chi connectivity index (χ3v) is 3.82. The van der Waals surface area contributed by atoms with Crippen molar-refractivity contribution in [3.05, 3.63) is 29.3 Å². The maximum absolute atomic E-state index is 11.6. The van der Waals surface area contributed by atoms with Gasteiger partial charge < -0.3 is 10.2 Å². The zero-order valence-corrected chi connectivity index (χ0v) is 11.5. The van der Waals surface area contributed by atoms with Crippen LogP contribution in [-0.2, 0) is 17.6 Å². The molecule has 0 radical (unpaired) electrons. The van der Waals surface area contributed by atoms with Gasteiger partial charge in [-0.3, -0.25) is 4.79 Å². The molecule has 1 N–H and O–H groups in total. The lowest BCUT2D eigenvalue weighted by Gasteiger charge is -2.15. The number of amides is 1. The number of anilines is 1. The van der Waals surface area contributed by atoms with E-state index in [1.807, 2.05) is 14.1 Å². The summed E-state index contributed by atoms with van der Waals surface area (Å²) in [5.74, 6) is 0.868. The van der Waals surface area contributed by atoms with Crippen LogP contribution in [0.5, 0.6) is 0 Å². The van der Waals surface area contributed by atoms with E-state index in [-0.39, 0.29) is 5.91 Å². The van der Waals surface area contributed by atoms with Crippen LogP contribution in [-0.4, -0.2) is 26.5 Å². The third-order valence-electron chi connectivity index (χ3n) is 3.82. The second-order valence-corrected chi connectivity index (χ2v) is 5.13. The Morgan fingerprint density at radius 2 is 2.22 bits per heavy atom. The van der Waals surface area contributed by atoms with Gasteiger partial charge in [0.05, 0.1) is 6.42 Å². The molecular formula is C15H22N2O. The quantitative estimate of drug-likeness (QED) is 0.861. The lowest BCUT2D eigenvalue weighted by molar-refractivity contribution is -0.117. The molecule has 1 heterocycles. The van der Waals surface area contributed by atoms with Crippen LogP contribution in [0.15, 0.2) is 18.2 Å². The Kier molecular flexibility index (Phi) is 4.02. The molecule has 0 aromatic heterocycles. The van der Waals surface area contributed by atoms with Gasteiger partial charge in [0, 0.05) is 12.7 Å². The molecule has 0 saturated carbocycles. The van der Waals surface area contributed by atoms with Gasteiger partial charge in [-0.15, -0.1) is 0 Å². The third kappa shape index (κ3) is 2.56.